The van der Waals surface area contributed by atoms with Crippen molar-refractivity contribution in [2.75, 3.05) is 0 Å². The van der Waals surface area contributed by atoms with Gasteiger partial charge in [0.1, 0.15) is 0 Å². The van der Waals surface area contributed by atoms with E-state index in [4.69, 9.17) is 0 Å². The molecule has 2 nitrogen and oxygen atoms in total. The molecule has 1 aromatic heterocycles. The van der Waals surface area contributed by atoms with Gasteiger partial charge in [-0.05, 0) is 36.8 Å². The number of pyridine rings is 1. The Hall–Kier alpha value is -0.890. The molecule has 0 bridgehead atoms. The largest absolute Gasteiger partial charge is 0.390 e. The molecule has 1 N–H and O–H groups in total. The van der Waals surface area contributed by atoms with Crippen molar-refractivity contribution in [2.45, 2.75) is 31.8 Å². The van der Waals surface area contributed by atoms with Crippen molar-refractivity contribution in [1.29, 1.82) is 0 Å². The van der Waals surface area contributed by atoms with Gasteiger partial charge in [0, 0.05) is 12.4 Å². The topological polar surface area (TPSA) is 33.1 Å². The molecule has 2 atom stereocenters. The molecular weight excluding hydrogens is 162 g/mol. The summed E-state index contributed by atoms with van der Waals surface area (Å²) in [7, 11) is 0. The molecule has 13 heavy (non-hydrogen) atoms. The van der Waals surface area contributed by atoms with Gasteiger partial charge in [-0.1, -0.05) is 13.0 Å². The van der Waals surface area contributed by atoms with E-state index < -0.39 is 0 Å². The monoisotopic (exact) mass is 177 g/mol. The van der Waals surface area contributed by atoms with Crippen LogP contribution in [0.25, 0.3) is 0 Å². The van der Waals surface area contributed by atoms with Gasteiger partial charge >= 0.3 is 0 Å². The molecule has 1 heterocycles. The average molecular weight is 177 g/mol. The Morgan fingerprint density at radius 3 is 3.00 bits per heavy atom. The zero-order valence-electron chi connectivity index (χ0n) is 7.90. The Kier molecular flexibility index (Phi) is 2.08. The minimum atomic E-state index is -0.365. The van der Waals surface area contributed by atoms with Crippen molar-refractivity contribution in [1.82, 2.24) is 4.98 Å². The van der Waals surface area contributed by atoms with Crippen LogP contribution in [-0.2, 0) is 6.42 Å². The smallest absolute Gasteiger partial charge is 0.0681 e. The van der Waals surface area contributed by atoms with Crippen molar-refractivity contribution in [3.8, 4) is 0 Å². The van der Waals surface area contributed by atoms with Crippen LogP contribution in [0.5, 0.6) is 0 Å². The molecule has 1 saturated carbocycles. The number of hydrogen-bond donors (Lipinski definition) is 1. The lowest BCUT2D eigenvalue weighted by molar-refractivity contribution is 0.124. The Labute approximate surface area is 78.6 Å². The lowest BCUT2D eigenvalue weighted by atomic mass is 10.1. The third-order valence-corrected chi connectivity index (χ3v) is 2.99. The summed E-state index contributed by atoms with van der Waals surface area (Å²) < 4.78 is 0. The summed E-state index contributed by atoms with van der Waals surface area (Å²) in [6, 6.07) is 4.00. The first-order chi connectivity index (χ1) is 6.21. The fourth-order valence-electron chi connectivity index (χ4n) is 1.73. The summed E-state index contributed by atoms with van der Waals surface area (Å²) >= 11 is 0. The molecule has 0 radical (unpaired) electrons. The predicted molar refractivity (Wildman–Crippen MR) is 51.3 cm³/mol. The molecule has 2 heteroatoms. The zero-order chi connectivity index (χ0) is 9.31. The molecule has 0 saturated heterocycles. The van der Waals surface area contributed by atoms with Gasteiger partial charge in [-0.25, -0.2) is 0 Å². The molecule has 2 rings (SSSR count). The maximum Gasteiger partial charge on any atom is 0.0681 e. The molecule has 0 amide bonds. The zero-order valence-corrected chi connectivity index (χ0v) is 7.90. The second kappa shape index (κ2) is 3.11. The minimum Gasteiger partial charge on any atom is -0.390 e. The highest BCUT2D eigenvalue weighted by molar-refractivity contribution is 5.11. The maximum atomic E-state index is 9.84. The lowest BCUT2D eigenvalue weighted by Crippen LogP contribution is -2.11. The predicted octanol–water partition coefficient (Wildman–Crippen LogP) is 1.79. The third-order valence-electron chi connectivity index (χ3n) is 2.99. The van der Waals surface area contributed by atoms with Gasteiger partial charge in [0.15, 0.2) is 0 Å². The van der Waals surface area contributed by atoms with E-state index in [0.29, 0.717) is 5.92 Å². The molecule has 0 aliphatic heterocycles. The Morgan fingerprint density at radius 1 is 1.69 bits per heavy atom. The lowest BCUT2D eigenvalue weighted by Gasteiger charge is -2.07. The highest BCUT2D eigenvalue weighted by atomic mass is 16.3. The van der Waals surface area contributed by atoms with Gasteiger partial charge in [0.05, 0.1) is 5.60 Å². The van der Waals surface area contributed by atoms with Gasteiger partial charge in [-0.3, -0.25) is 4.98 Å². The van der Waals surface area contributed by atoms with E-state index in [1.807, 2.05) is 12.3 Å². The maximum absolute atomic E-state index is 9.84. The number of aromatic nitrogens is 1. The van der Waals surface area contributed by atoms with E-state index >= 15 is 0 Å². The van der Waals surface area contributed by atoms with E-state index in [2.05, 4.69) is 18.0 Å². The van der Waals surface area contributed by atoms with Crippen LogP contribution >= 0.6 is 0 Å². The van der Waals surface area contributed by atoms with Crippen LogP contribution in [0, 0.1) is 5.92 Å². The van der Waals surface area contributed by atoms with Gasteiger partial charge in [-0.15, -0.1) is 0 Å². The fraction of sp³-hybridized carbons (Fsp3) is 0.545. The summed E-state index contributed by atoms with van der Waals surface area (Å²) in [5.74, 6) is 0.490. The highest BCUT2D eigenvalue weighted by Crippen LogP contribution is 2.46. The summed E-state index contributed by atoms with van der Waals surface area (Å²) in [4.78, 5) is 4.04. The van der Waals surface area contributed by atoms with Crippen molar-refractivity contribution in [3.63, 3.8) is 0 Å². The van der Waals surface area contributed by atoms with Crippen molar-refractivity contribution < 1.29 is 5.11 Å². The quantitative estimate of drug-likeness (QED) is 0.763. The van der Waals surface area contributed by atoms with Gasteiger partial charge in [0.2, 0.25) is 0 Å². The van der Waals surface area contributed by atoms with E-state index in [1.165, 1.54) is 5.56 Å². The summed E-state index contributed by atoms with van der Waals surface area (Å²) in [6.07, 6.45) is 6.43. The molecule has 1 aromatic rings. The number of hydrogen-bond acceptors (Lipinski definition) is 2. The molecule has 1 aliphatic rings. The van der Waals surface area contributed by atoms with Gasteiger partial charge < -0.3 is 5.11 Å². The second-order valence-electron chi connectivity index (χ2n) is 4.07. The second-order valence-corrected chi connectivity index (χ2v) is 4.07. The average Bonchev–Trinajstić information content (AvgIpc) is 2.74. The van der Waals surface area contributed by atoms with Gasteiger partial charge in [-0.2, -0.15) is 0 Å². The molecule has 2 unspecified atom stereocenters. The van der Waals surface area contributed by atoms with Crippen LogP contribution in [0.3, 0.4) is 0 Å². The number of aryl methyl sites for hydroxylation is 1. The molecular formula is C11H15NO. The summed E-state index contributed by atoms with van der Waals surface area (Å²) in [5, 5.41) is 9.84. The normalized spacial score (nSPS) is 31.7. The summed E-state index contributed by atoms with van der Waals surface area (Å²) in [5.41, 5.74) is 0.852. The first-order valence-corrected chi connectivity index (χ1v) is 4.82. The van der Waals surface area contributed by atoms with E-state index in [-0.39, 0.29) is 5.60 Å². The number of aliphatic hydroxyl groups is 1. The van der Waals surface area contributed by atoms with Crippen LogP contribution in [0.4, 0.5) is 0 Å². The van der Waals surface area contributed by atoms with E-state index in [0.717, 1.165) is 19.3 Å². The molecule has 1 aliphatic carbocycles. The number of rotatable bonds is 3. The van der Waals surface area contributed by atoms with Crippen molar-refractivity contribution in [3.05, 3.63) is 30.1 Å². The summed E-state index contributed by atoms with van der Waals surface area (Å²) in [6.45, 7) is 2.10. The Morgan fingerprint density at radius 2 is 2.46 bits per heavy atom. The first kappa shape index (κ1) is 8.70. The highest BCUT2D eigenvalue weighted by Gasteiger charge is 2.48. The number of nitrogens with zero attached hydrogens (tertiary/aromatic N) is 1. The van der Waals surface area contributed by atoms with Crippen molar-refractivity contribution in [2.24, 2.45) is 5.92 Å². The SMILES string of the molecule is CC1CC1(O)CCc1cccnc1. The van der Waals surface area contributed by atoms with E-state index in [1.54, 1.807) is 6.20 Å². The Balaban J connectivity index is 1.87. The standard InChI is InChI=1S/C11H15NO/c1-9-7-11(9,13)5-4-10-3-2-6-12-8-10/h2-3,6,8-9,13H,4-5,7H2,1H3. The van der Waals surface area contributed by atoms with Crippen LogP contribution in [0.15, 0.2) is 24.5 Å². The van der Waals surface area contributed by atoms with Crippen LogP contribution < -0.4 is 0 Å². The first-order valence-electron chi connectivity index (χ1n) is 4.82. The van der Waals surface area contributed by atoms with Gasteiger partial charge in [0.25, 0.3) is 0 Å². The molecule has 70 valence electrons. The van der Waals surface area contributed by atoms with Crippen LogP contribution in [0.2, 0.25) is 0 Å². The molecule has 1 fully saturated rings. The van der Waals surface area contributed by atoms with Crippen molar-refractivity contribution >= 4 is 0 Å². The van der Waals surface area contributed by atoms with E-state index in [9.17, 15) is 5.11 Å². The third kappa shape index (κ3) is 1.89. The fourth-order valence-corrected chi connectivity index (χ4v) is 1.73. The Bertz CT molecular complexity index is 285. The van der Waals surface area contributed by atoms with Crippen LogP contribution in [-0.4, -0.2) is 15.7 Å². The molecule has 0 spiro atoms. The molecule has 0 aromatic carbocycles. The van der Waals surface area contributed by atoms with Crippen LogP contribution in [0.1, 0.15) is 25.3 Å². The minimum absolute atomic E-state index is 0.365.